The lowest BCUT2D eigenvalue weighted by Gasteiger charge is -2.31. The zero-order valence-electron chi connectivity index (χ0n) is 32.4. The summed E-state index contributed by atoms with van der Waals surface area (Å²) in [4.78, 5) is 2.50. The van der Waals surface area contributed by atoms with Gasteiger partial charge in [-0.25, -0.2) is 0 Å². The van der Waals surface area contributed by atoms with Gasteiger partial charge in [0, 0.05) is 22.2 Å². The maximum absolute atomic E-state index is 2.50. The van der Waals surface area contributed by atoms with Gasteiger partial charge in [-0.05, 0) is 104 Å². The number of hydrogen-bond acceptors (Lipinski definition) is 1. The van der Waals surface area contributed by atoms with Crippen molar-refractivity contribution in [3.05, 3.63) is 199 Å². The van der Waals surface area contributed by atoms with Crippen LogP contribution in [-0.2, 0) is 5.41 Å². The molecule has 1 heteroatoms. The fourth-order valence-electron chi connectivity index (χ4n) is 9.97. The molecule has 0 saturated heterocycles. The maximum Gasteiger partial charge on any atom is 0.0540 e. The van der Waals surface area contributed by atoms with Crippen molar-refractivity contribution < 1.29 is 0 Å². The summed E-state index contributed by atoms with van der Waals surface area (Å²) in [7, 11) is 0. The molecule has 2 aliphatic carbocycles. The molecule has 8 aromatic carbocycles. The molecule has 0 heterocycles. The van der Waals surface area contributed by atoms with Crippen LogP contribution in [-0.4, -0.2) is 0 Å². The van der Waals surface area contributed by atoms with Crippen LogP contribution >= 0.6 is 0 Å². The molecule has 56 heavy (non-hydrogen) atoms. The first-order valence-electron chi connectivity index (χ1n) is 20.5. The molecule has 1 fully saturated rings. The van der Waals surface area contributed by atoms with E-state index in [4.69, 9.17) is 0 Å². The van der Waals surface area contributed by atoms with E-state index in [0.717, 1.165) is 11.4 Å². The van der Waals surface area contributed by atoms with Gasteiger partial charge >= 0.3 is 0 Å². The third kappa shape index (κ3) is 5.77. The van der Waals surface area contributed by atoms with Crippen LogP contribution in [0.5, 0.6) is 0 Å². The minimum atomic E-state index is -0.0397. The topological polar surface area (TPSA) is 3.24 Å². The van der Waals surface area contributed by atoms with Gasteiger partial charge in [0.05, 0.1) is 11.4 Å². The molecule has 272 valence electrons. The van der Waals surface area contributed by atoms with Crippen LogP contribution in [0.4, 0.5) is 17.1 Å². The van der Waals surface area contributed by atoms with Crippen LogP contribution in [0.2, 0.25) is 0 Å². The van der Waals surface area contributed by atoms with Gasteiger partial charge in [-0.3, -0.25) is 0 Å². The van der Waals surface area contributed by atoms with Gasteiger partial charge in [-0.15, -0.1) is 0 Å². The van der Waals surface area contributed by atoms with Crippen molar-refractivity contribution in [2.24, 2.45) is 0 Å². The summed E-state index contributed by atoms with van der Waals surface area (Å²) in [6.45, 7) is 4.72. The Kier molecular flexibility index (Phi) is 8.67. The minimum Gasteiger partial charge on any atom is -0.309 e. The first-order chi connectivity index (χ1) is 27.6. The molecule has 0 amide bonds. The van der Waals surface area contributed by atoms with E-state index in [1.54, 1.807) is 0 Å². The van der Waals surface area contributed by atoms with E-state index in [2.05, 4.69) is 201 Å². The molecule has 10 rings (SSSR count). The van der Waals surface area contributed by atoms with E-state index in [1.165, 1.54) is 110 Å². The summed E-state index contributed by atoms with van der Waals surface area (Å²) in [5, 5.41) is 2.73. The van der Waals surface area contributed by atoms with Crippen LogP contribution in [0.25, 0.3) is 55.3 Å². The van der Waals surface area contributed by atoms with E-state index in [9.17, 15) is 0 Å². The van der Waals surface area contributed by atoms with Crippen LogP contribution in [0.1, 0.15) is 68.6 Å². The summed E-state index contributed by atoms with van der Waals surface area (Å²) in [6, 6.07) is 67.8. The fourth-order valence-corrected chi connectivity index (χ4v) is 9.97. The Morgan fingerprint density at radius 2 is 0.982 bits per heavy atom. The van der Waals surface area contributed by atoms with Gasteiger partial charge in [0.2, 0.25) is 0 Å². The van der Waals surface area contributed by atoms with E-state index < -0.39 is 0 Å². The Morgan fingerprint density at radius 1 is 0.429 bits per heavy atom. The zero-order valence-corrected chi connectivity index (χ0v) is 32.4. The number of anilines is 3. The van der Waals surface area contributed by atoms with E-state index in [0.29, 0.717) is 5.92 Å². The fraction of sp³-hybridized carbons (Fsp3) is 0.164. The lowest BCUT2D eigenvalue weighted by atomic mass is 9.80. The Hall–Kier alpha value is -6.18. The number of hydrogen-bond donors (Lipinski definition) is 0. The van der Waals surface area contributed by atoms with Crippen LogP contribution in [0, 0.1) is 0 Å². The molecule has 1 saturated carbocycles. The van der Waals surface area contributed by atoms with Gasteiger partial charge in [0.1, 0.15) is 0 Å². The van der Waals surface area contributed by atoms with Crippen molar-refractivity contribution >= 4 is 27.8 Å². The van der Waals surface area contributed by atoms with Crippen LogP contribution in [0.3, 0.4) is 0 Å². The highest BCUT2D eigenvalue weighted by Crippen LogP contribution is 2.53. The first-order valence-corrected chi connectivity index (χ1v) is 20.5. The van der Waals surface area contributed by atoms with Crippen LogP contribution < -0.4 is 4.90 Å². The Bertz CT molecular complexity index is 2690. The summed E-state index contributed by atoms with van der Waals surface area (Å²) in [5.74, 6) is 0.597. The zero-order chi connectivity index (χ0) is 37.6. The van der Waals surface area contributed by atoms with E-state index >= 15 is 0 Å². The predicted molar refractivity (Wildman–Crippen MR) is 238 cm³/mol. The summed E-state index contributed by atoms with van der Waals surface area (Å²) in [5.41, 5.74) is 17.9. The summed E-state index contributed by atoms with van der Waals surface area (Å²) < 4.78 is 0. The largest absolute Gasteiger partial charge is 0.309 e. The van der Waals surface area contributed by atoms with Crippen molar-refractivity contribution in [2.45, 2.75) is 57.3 Å². The molecule has 0 N–H and O–H groups in total. The molecule has 0 aliphatic heterocycles. The molecule has 0 spiro atoms. The molecule has 0 aromatic heterocycles. The SMILES string of the molecule is CC1(C)c2ccccc2-c2c(-c3ccc(N(c4ccccc4-c4ccccc4)c4ccccc4-c4cccc5cccc(C6CCCCC6)c45)cc3)cccc21. The van der Waals surface area contributed by atoms with Gasteiger partial charge in [-0.1, -0.05) is 191 Å². The van der Waals surface area contributed by atoms with Crippen molar-refractivity contribution in [1.82, 2.24) is 0 Å². The highest BCUT2D eigenvalue weighted by molar-refractivity contribution is 6.04. The standard InChI is InChI=1S/C55H47N/c1-55(2)49-30-12-9-26-48(49)54-45(28-17-31-50(54)55)40-34-36-42(37-35-40)56(51-32-13-10-24-43(51)38-18-5-3-6-19-38)52-33-14-11-25-46(52)47-29-16-23-41-22-15-27-44(53(41)47)39-20-7-4-8-21-39/h3,5-6,9-19,22-37,39H,4,7-8,20-21H2,1-2H3. The predicted octanol–water partition coefficient (Wildman–Crippen LogP) is 15.7. The minimum absolute atomic E-state index is 0.0397. The summed E-state index contributed by atoms with van der Waals surface area (Å²) in [6.07, 6.45) is 6.52. The molecule has 0 bridgehead atoms. The van der Waals surface area contributed by atoms with Crippen molar-refractivity contribution in [1.29, 1.82) is 0 Å². The lowest BCUT2D eigenvalue weighted by molar-refractivity contribution is 0.445. The molecular formula is C55H47N. The van der Waals surface area contributed by atoms with Gasteiger partial charge < -0.3 is 4.90 Å². The molecular weight excluding hydrogens is 675 g/mol. The van der Waals surface area contributed by atoms with Crippen molar-refractivity contribution in [3.8, 4) is 44.5 Å². The smallest absolute Gasteiger partial charge is 0.0540 e. The number of benzene rings is 8. The van der Waals surface area contributed by atoms with E-state index in [-0.39, 0.29) is 5.41 Å². The first kappa shape index (κ1) is 34.3. The normalized spacial score (nSPS) is 14.7. The average Bonchev–Trinajstić information content (AvgIpc) is 3.50. The molecule has 1 nitrogen and oxygen atoms in total. The number of rotatable bonds is 7. The Labute approximate surface area is 331 Å². The second kappa shape index (κ2) is 14.2. The molecule has 0 radical (unpaired) electrons. The highest BCUT2D eigenvalue weighted by Gasteiger charge is 2.36. The number of fused-ring (bicyclic) bond motifs is 4. The van der Waals surface area contributed by atoms with Gasteiger partial charge in [0.15, 0.2) is 0 Å². The van der Waals surface area contributed by atoms with E-state index in [1.807, 2.05) is 0 Å². The third-order valence-electron chi connectivity index (χ3n) is 12.7. The lowest BCUT2D eigenvalue weighted by Crippen LogP contribution is -2.14. The van der Waals surface area contributed by atoms with Crippen molar-refractivity contribution in [2.75, 3.05) is 4.90 Å². The molecule has 0 atom stereocenters. The number of para-hydroxylation sites is 2. The molecule has 2 aliphatic rings. The second-order valence-electron chi connectivity index (χ2n) is 16.3. The second-order valence-corrected chi connectivity index (χ2v) is 16.3. The van der Waals surface area contributed by atoms with Gasteiger partial charge in [0.25, 0.3) is 0 Å². The molecule has 8 aromatic rings. The third-order valence-corrected chi connectivity index (χ3v) is 12.7. The Morgan fingerprint density at radius 3 is 1.75 bits per heavy atom. The number of nitrogens with zero attached hydrogens (tertiary/aromatic N) is 1. The average molecular weight is 722 g/mol. The maximum atomic E-state index is 2.50. The Balaban J connectivity index is 1.17. The molecule has 0 unspecified atom stereocenters. The van der Waals surface area contributed by atoms with Crippen molar-refractivity contribution in [3.63, 3.8) is 0 Å². The summed E-state index contributed by atoms with van der Waals surface area (Å²) >= 11 is 0. The van der Waals surface area contributed by atoms with Crippen LogP contribution in [0.15, 0.2) is 182 Å². The highest BCUT2D eigenvalue weighted by atomic mass is 15.1. The van der Waals surface area contributed by atoms with Gasteiger partial charge in [-0.2, -0.15) is 0 Å². The quantitative estimate of drug-likeness (QED) is 0.158. The monoisotopic (exact) mass is 721 g/mol.